The van der Waals surface area contributed by atoms with Crippen molar-refractivity contribution >= 4 is 23.2 Å². The van der Waals surface area contributed by atoms with Crippen molar-refractivity contribution in [3.63, 3.8) is 0 Å². The third kappa shape index (κ3) is 4.65. The summed E-state index contributed by atoms with van der Waals surface area (Å²) in [7, 11) is 0. The summed E-state index contributed by atoms with van der Waals surface area (Å²) in [5, 5.41) is 13.5. The van der Waals surface area contributed by atoms with Crippen molar-refractivity contribution in [2.24, 2.45) is 5.73 Å². The number of hydrogen-bond donors (Lipinski definition) is 3. The van der Waals surface area contributed by atoms with E-state index >= 15 is 0 Å². The van der Waals surface area contributed by atoms with Crippen molar-refractivity contribution in [1.82, 2.24) is 5.32 Å². The Morgan fingerprint density at radius 2 is 2.26 bits per heavy atom. The van der Waals surface area contributed by atoms with Crippen LogP contribution in [0.4, 0.5) is 0 Å². The van der Waals surface area contributed by atoms with Crippen LogP contribution >= 0.6 is 11.3 Å². The molecule has 5 nitrogen and oxygen atoms in total. The van der Waals surface area contributed by atoms with Gasteiger partial charge in [-0.3, -0.25) is 9.59 Å². The van der Waals surface area contributed by atoms with Crippen LogP contribution in [-0.2, 0) is 9.59 Å². The second kappa shape index (κ2) is 6.68. The predicted octanol–water partition coefficient (Wildman–Crippen LogP) is 1.90. The van der Waals surface area contributed by atoms with Gasteiger partial charge in [0, 0.05) is 4.88 Å². The van der Waals surface area contributed by atoms with Gasteiger partial charge in [-0.1, -0.05) is 19.4 Å². The van der Waals surface area contributed by atoms with Crippen molar-refractivity contribution < 1.29 is 14.7 Å². The molecule has 0 saturated carbocycles. The lowest BCUT2D eigenvalue weighted by Gasteiger charge is -2.26. The van der Waals surface area contributed by atoms with Crippen LogP contribution in [0, 0.1) is 0 Å². The summed E-state index contributed by atoms with van der Waals surface area (Å²) in [6, 6.07) is 3.12. The van der Waals surface area contributed by atoms with E-state index in [1.165, 1.54) is 11.3 Å². The van der Waals surface area contributed by atoms with Gasteiger partial charge in [0.1, 0.15) is 0 Å². The van der Waals surface area contributed by atoms with Crippen LogP contribution in [0.25, 0.3) is 0 Å². The second-order valence-electron chi connectivity index (χ2n) is 4.81. The first kappa shape index (κ1) is 15.7. The van der Waals surface area contributed by atoms with E-state index in [2.05, 4.69) is 5.32 Å². The first-order valence-electron chi connectivity index (χ1n) is 6.22. The molecule has 0 aliphatic rings. The number of amides is 1. The molecule has 2 unspecified atom stereocenters. The van der Waals surface area contributed by atoms with Crippen LogP contribution in [0.5, 0.6) is 0 Å². The number of aliphatic carboxylic acids is 1. The maximum absolute atomic E-state index is 12.1. The van der Waals surface area contributed by atoms with E-state index in [0.717, 1.165) is 11.3 Å². The lowest BCUT2D eigenvalue weighted by molar-refractivity contribution is -0.138. The molecule has 0 spiro atoms. The van der Waals surface area contributed by atoms with Gasteiger partial charge in [-0.2, -0.15) is 0 Å². The fraction of sp³-hybridized carbons (Fsp3) is 0.538. The third-order valence-electron chi connectivity index (χ3n) is 2.86. The molecule has 6 heteroatoms. The first-order valence-corrected chi connectivity index (χ1v) is 7.10. The lowest BCUT2D eigenvalue weighted by atomic mass is 9.96. The number of nitrogens with one attached hydrogen (secondary N) is 1. The SMILES string of the molecule is CCCC(C)(N)C(=O)NC(CC(=O)O)c1cccs1. The van der Waals surface area contributed by atoms with Gasteiger partial charge < -0.3 is 16.2 Å². The van der Waals surface area contributed by atoms with Crippen LogP contribution in [0.1, 0.15) is 44.0 Å². The Balaban J connectivity index is 2.78. The standard InChI is InChI=1S/C13H20N2O3S/c1-3-6-13(2,14)12(18)15-9(8-11(16)17)10-5-4-7-19-10/h4-5,7,9H,3,6,8,14H2,1-2H3,(H,15,18)(H,16,17). The van der Waals surface area contributed by atoms with Gasteiger partial charge >= 0.3 is 5.97 Å². The van der Waals surface area contributed by atoms with Crippen LogP contribution in [0.15, 0.2) is 17.5 Å². The molecule has 0 aliphatic carbocycles. The zero-order valence-electron chi connectivity index (χ0n) is 11.2. The van der Waals surface area contributed by atoms with Gasteiger partial charge in [0.25, 0.3) is 0 Å². The van der Waals surface area contributed by atoms with Gasteiger partial charge in [-0.25, -0.2) is 0 Å². The summed E-state index contributed by atoms with van der Waals surface area (Å²) >= 11 is 1.42. The summed E-state index contributed by atoms with van der Waals surface area (Å²) in [6.45, 7) is 3.62. The van der Waals surface area contributed by atoms with E-state index in [9.17, 15) is 9.59 Å². The lowest BCUT2D eigenvalue weighted by Crippen LogP contribution is -2.52. The van der Waals surface area contributed by atoms with E-state index in [1.807, 2.05) is 24.4 Å². The summed E-state index contributed by atoms with van der Waals surface area (Å²) in [4.78, 5) is 23.8. The monoisotopic (exact) mass is 284 g/mol. The predicted molar refractivity (Wildman–Crippen MR) is 75.0 cm³/mol. The highest BCUT2D eigenvalue weighted by Gasteiger charge is 2.30. The zero-order valence-corrected chi connectivity index (χ0v) is 12.0. The molecule has 19 heavy (non-hydrogen) atoms. The summed E-state index contributed by atoms with van der Waals surface area (Å²) in [5.74, 6) is -1.26. The highest BCUT2D eigenvalue weighted by Crippen LogP contribution is 2.23. The van der Waals surface area contributed by atoms with Gasteiger partial charge in [-0.15, -0.1) is 11.3 Å². The molecule has 1 heterocycles. The minimum Gasteiger partial charge on any atom is -0.481 e. The van der Waals surface area contributed by atoms with E-state index < -0.39 is 17.6 Å². The van der Waals surface area contributed by atoms with Gasteiger partial charge in [0.05, 0.1) is 18.0 Å². The van der Waals surface area contributed by atoms with Crippen LogP contribution in [-0.4, -0.2) is 22.5 Å². The number of carboxylic acids is 1. The molecule has 0 bridgehead atoms. The number of thiophene rings is 1. The second-order valence-corrected chi connectivity index (χ2v) is 5.79. The Labute approximate surface area is 116 Å². The van der Waals surface area contributed by atoms with Crippen molar-refractivity contribution in [2.75, 3.05) is 0 Å². The molecule has 1 aromatic heterocycles. The number of carbonyl (C=O) groups excluding carboxylic acids is 1. The highest BCUT2D eigenvalue weighted by molar-refractivity contribution is 7.10. The van der Waals surface area contributed by atoms with Gasteiger partial charge in [0.15, 0.2) is 0 Å². The molecule has 1 aromatic rings. The number of carbonyl (C=O) groups is 2. The van der Waals surface area contributed by atoms with Gasteiger partial charge in [0.2, 0.25) is 5.91 Å². The number of nitrogens with two attached hydrogens (primary N) is 1. The Hall–Kier alpha value is -1.40. The molecule has 0 saturated heterocycles. The smallest absolute Gasteiger partial charge is 0.305 e. The van der Waals surface area contributed by atoms with Crippen molar-refractivity contribution in [2.45, 2.75) is 44.7 Å². The highest BCUT2D eigenvalue weighted by atomic mass is 32.1. The summed E-state index contributed by atoms with van der Waals surface area (Å²) in [5.41, 5.74) is 4.98. The Bertz CT molecular complexity index is 429. The Morgan fingerprint density at radius 1 is 1.58 bits per heavy atom. The molecule has 2 atom stereocenters. The average molecular weight is 284 g/mol. The first-order chi connectivity index (χ1) is 8.86. The summed E-state index contributed by atoms with van der Waals surface area (Å²) < 4.78 is 0. The third-order valence-corrected chi connectivity index (χ3v) is 3.84. The van der Waals surface area contributed by atoms with E-state index in [0.29, 0.717) is 6.42 Å². The molecule has 0 aliphatic heterocycles. The normalized spacial score (nSPS) is 15.5. The number of hydrogen-bond acceptors (Lipinski definition) is 4. The molecule has 0 radical (unpaired) electrons. The van der Waals surface area contributed by atoms with Gasteiger partial charge in [-0.05, 0) is 24.8 Å². The fourth-order valence-electron chi connectivity index (χ4n) is 1.84. The van der Waals surface area contributed by atoms with Crippen LogP contribution in [0.3, 0.4) is 0 Å². The van der Waals surface area contributed by atoms with Crippen LogP contribution in [0.2, 0.25) is 0 Å². The molecule has 0 aromatic carbocycles. The molecular weight excluding hydrogens is 264 g/mol. The van der Waals surface area contributed by atoms with E-state index in [4.69, 9.17) is 10.8 Å². The Kier molecular flexibility index (Phi) is 5.50. The van der Waals surface area contributed by atoms with Crippen molar-refractivity contribution in [3.8, 4) is 0 Å². The van der Waals surface area contributed by atoms with Crippen molar-refractivity contribution in [1.29, 1.82) is 0 Å². The number of rotatable bonds is 7. The van der Waals surface area contributed by atoms with E-state index in [-0.39, 0.29) is 12.3 Å². The Morgan fingerprint density at radius 3 is 2.74 bits per heavy atom. The maximum Gasteiger partial charge on any atom is 0.305 e. The molecule has 1 rings (SSSR count). The maximum atomic E-state index is 12.1. The topological polar surface area (TPSA) is 92.4 Å². The molecule has 4 N–H and O–H groups in total. The minimum atomic E-state index is -0.969. The average Bonchev–Trinajstić information content (AvgIpc) is 2.80. The minimum absolute atomic E-state index is 0.144. The van der Waals surface area contributed by atoms with E-state index in [1.54, 1.807) is 6.92 Å². The fourth-order valence-corrected chi connectivity index (χ4v) is 2.62. The van der Waals surface area contributed by atoms with Crippen LogP contribution < -0.4 is 11.1 Å². The molecular formula is C13H20N2O3S. The molecule has 106 valence electrons. The van der Waals surface area contributed by atoms with Crippen molar-refractivity contribution in [3.05, 3.63) is 22.4 Å². The quantitative estimate of drug-likeness (QED) is 0.713. The largest absolute Gasteiger partial charge is 0.481 e. The molecule has 1 amide bonds. The summed E-state index contributed by atoms with van der Waals surface area (Å²) in [6.07, 6.45) is 1.21. The molecule has 0 fully saturated rings. The zero-order chi connectivity index (χ0) is 14.5. The number of carboxylic acid groups (broad SMARTS) is 1.